The molecule has 16 heavy (non-hydrogen) atoms. The number of hydrogen-bond acceptors (Lipinski definition) is 4. The highest BCUT2D eigenvalue weighted by molar-refractivity contribution is 7.98. The van der Waals surface area contributed by atoms with E-state index < -0.39 is 0 Å². The largest absolute Gasteiger partial charge is 0.228 e. The molecule has 0 spiro atoms. The van der Waals surface area contributed by atoms with Gasteiger partial charge in [0.1, 0.15) is 0 Å². The van der Waals surface area contributed by atoms with Crippen molar-refractivity contribution < 1.29 is 0 Å². The Hall–Kier alpha value is -0.520. The van der Waals surface area contributed by atoms with Gasteiger partial charge in [-0.1, -0.05) is 11.8 Å². The molecule has 0 fully saturated rings. The van der Waals surface area contributed by atoms with Crippen LogP contribution in [0.3, 0.4) is 0 Å². The Morgan fingerprint density at radius 1 is 1.44 bits per heavy atom. The summed E-state index contributed by atoms with van der Waals surface area (Å²) in [6.07, 6.45) is 5.44. The molecule has 0 aromatic carbocycles. The van der Waals surface area contributed by atoms with Crippen molar-refractivity contribution in [3.8, 4) is 0 Å². The molecule has 2 rings (SSSR count). The first-order valence-electron chi connectivity index (χ1n) is 4.76. The maximum absolute atomic E-state index is 6.00. The normalized spacial score (nSPS) is 11.2. The molecule has 2 aromatic heterocycles. The fraction of sp³-hybridized carbons (Fsp3) is 0.444. The Labute approximate surface area is 107 Å². The van der Waals surface area contributed by atoms with Crippen molar-refractivity contribution in [2.24, 2.45) is 0 Å². The average Bonchev–Trinajstić information content (AvgIpc) is 2.70. The van der Waals surface area contributed by atoms with Gasteiger partial charge in [-0.25, -0.2) is 4.98 Å². The molecule has 0 amide bonds. The molecule has 86 valence electrons. The van der Waals surface area contributed by atoms with E-state index in [-0.39, 0.29) is 0 Å². The number of rotatable bonds is 4. The van der Waals surface area contributed by atoms with Crippen molar-refractivity contribution in [3.63, 3.8) is 0 Å². The Morgan fingerprint density at radius 3 is 2.94 bits per heavy atom. The summed E-state index contributed by atoms with van der Waals surface area (Å²) >= 11 is 13.1. The number of hydrogen-bond donors (Lipinski definition) is 0. The molecule has 2 heterocycles. The molecule has 0 aliphatic heterocycles. The summed E-state index contributed by atoms with van der Waals surface area (Å²) < 4.78 is 1.55. The number of halogens is 2. The van der Waals surface area contributed by atoms with Gasteiger partial charge in [0.25, 0.3) is 0 Å². The van der Waals surface area contributed by atoms with Crippen LogP contribution in [0.15, 0.2) is 11.4 Å². The van der Waals surface area contributed by atoms with Gasteiger partial charge in [0.05, 0.1) is 6.20 Å². The summed E-state index contributed by atoms with van der Waals surface area (Å²) in [6.45, 7) is 0. The van der Waals surface area contributed by atoms with Crippen LogP contribution in [-0.4, -0.2) is 31.7 Å². The minimum Gasteiger partial charge on any atom is -0.203 e. The third-order valence-electron chi connectivity index (χ3n) is 2.14. The van der Waals surface area contributed by atoms with Crippen LogP contribution in [0.25, 0.3) is 5.65 Å². The van der Waals surface area contributed by atoms with Crippen LogP contribution in [0.1, 0.15) is 12.0 Å². The minimum absolute atomic E-state index is 0.339. The molecule has 0 atom stereocenters. The van der Waals surface area contributed by atoms with E-state index in [0.29, 0.717) is 16.3 Å². The van der Waals surface area contributed by atoms with Crippen molar-refractivity contribution in [1.29, 1.82) is 0 Å². The van der Waals surface area contributed by atoms with E-state index in [4.69, 9.17) is 23.2 Å². The molecule has 0 bridgehead atoms. The lowest BCUT2D eigenvalue weighted by Crippen LogP contribution is -1.99. The predicted octanol–water partition coefficient (Wildman–Crippen LogP) is 2.67. The Bertz CT molecular complexity index is 499. The molecule has 0 N–H and O–H groups in total. The van der Waals surface area contributed by atoms with Crippen LogP contribution in [-0.2, 0) is 6.42 Å². The summed E-state index contributed by atoms with van der Waals surface area (Å²) in [5.74, 6) is 0.630. The summed E-state index contributed by atoms with van der Waals surface area (Å²) in [5.41, 5.74) is 1.83. The predicted molar refractivity (Wildman–Crippen MR) is 66.6 cm³/mol. The smallest absolute Gasteiger partial charge is 0.203 e. The lowest BCUT2D eigenvalue weighted by molar-refractivity contribution is 0.833. The number of aromatic nitrogens is 4. The van der Waals surface area contributed by atoms with Crippen molar-refractivity contribution >= 4 is 40.6 Å². The molecule has 0 radical (unpaired) electrons. The molecule has 7 heteroatoms. The monoisotopic (exact) mass is 276 g/mol. The summed E-state index contributed by atoms with van der Waals surface area (Å²) in [7, 11) is 0. The molecule has 0 saturated heterocycles. The highest BCUT2D eigenvalue weighted by Crippen LogP contribution is 2.18. The third-order valence-corrected chi connectivity index (χ3v) is 3.20. The van der Waals surface area contributed by atoms with Gasteiger partial charge in [-0.15, -0.1) is 11.6 Å². The number of fused-ring (bicyclic) bond motifs is 1. The van der Waals surface area contributed by atoms with Crippen LogP contribution in [0.5, 0.6) is 0 Å². The van der Waals surface area contributed by atoms with E-state index in [0.717, 1.165) is 24.1 Å². The van der Waals surface area contributed by atoms with Crippen molar-refractivity contribution in [1.82, 2.24) is 19.6 Å². The number of alkyl halides is 1. The molecule has 0 aliphatic carbocycles. The zero-order chi connectivity index (χ0) is 11.5. The Balaban J connectivity index is 2.47. The molecule has 0 aliphatic rings. The van der Waals surface area contributed by atoms with Gasteiger partial charge in [-0.3, -0.25) is 0 Å². The van der Waals surface area contributed by atoms with Gasteiger partial charge in [0, 0.05) is 11.4 Å². The topological polar surface area (TPSA) is 43.1 Å². The van der Waals surface area contributed by atoms with Gasteiger partial charge < -0.3 is 0 Å². The number of nitrogens with zero attached hydrogens (tertiary/aromatic N) is 4. The van der Waals surface area contributed by atoms with E-state index in [2.05, 4.69) is 15.1 Å². The van der Waals surface area contributed by atoms with Crippen LogP contribution < -0.4 is 0 Å². The standard InChI is InChI=1S/C9H10Cl2N4S/c1-16-9-13-7-6(3-2-4-10)5-12-15(7)8(11)14-9/h5H,2-4H2,1H3. The zero-order valence-electron chi connectivity index (χ0n) is 8.65. The third kappa shape index (κ3) is 2.26. The molecular formula is C9H10Cl2N4S. The van der Waals surface area contributed by atoms with Gasteiger partial charge >= 0.3 is 0 Å². The van der Waals surface area contributed by atoms with E-state index in [1.54, 1.807) is 10.7 Å². The van der Waals surface area contributed by atoms with Gasteiger partial charge in [-0.2, -0.15) is 14.6 Å². The second kappa shape index (κ2) is 5.21. The molecule has 0 saturated carbocycles. The van der Waals surface area contributed by atoms with Crippen molar-refractivity contribution in [3.05, 3.63) is 17.0 Å². The van der Waals surface area contributed by atoms with Crippen LogP contribution in [0.2, 0.25) is 5.28 Å². The molecular weight excluding hydrogens is 267 g/mol. The average molecular weight is 277 g/mol. The second-order valence-corrected chi connectivity index (χ2v) is 4.67. The maximum Gasteiger partial charge on any atom is 0.228 e. The lowest BCUT2D eigenvalue weighted by Gasteiger charge is -2.00. The zero-order valence-corrected chi connectivity index (χ0v) is 11.0. The van der Waals surface area contributed by atoms with Crippen LogP contribution in [0.4, 0.5) is 0 Å². The first-order chi connectivity index (χ1) is 7.76. The second-order valence-electron chi connectivity index (χ2n) is 3.18. The lowest BCUT2D eigenvalue weighted by atomic mass is 10.2. The van der Waals surface area contributed by atoms with Gasteiger partial charge in [-0.05, 0) is 30.7 Å². The quantitative estimate of drug-likeness (QED) is 0.636. The first kappa shape index (κ1) is 12.0. The fourth-order valence-electron chi connectivity index (χ4n) is 1.40. The minimum atomic E-state index is 0.339. The van der Waals surface area contributed by atoms with E-state index >= 15 is 0 Å². The number of aryl methyl sites for hydroxylation is 1. The summed E-state index contributed by atoms with van der Waals surface area (Å²) in [4.78, 5) is 8.50. The highest BCUT2D eigenvalue weighted by Gasteiger charge is 2.10. The maximum atomic E-state index is 6.00. The van der Waals surface area contributed by atoms with E-state index in [1.807, 2.05) is 6.26 Å². The van der Waals surface area contributed by atoms with Crippen molar-refractivity contribution in [2.45, 2.75) is 18.0 Å². The Morgan fingerprint density at radius 2 is 2.25 bits per heavy atom. The van der Waals surface area contributed by atoms with E-state index in [9.17, 15) is 0 Å². The van der Waals surface area contributed by atoms with Crippen LogP contribution >= 0.6 is 35.0 Å². The van der Waals surface area contributed by atoms with Crippen molar-refractivity contribution in [2.75, 3.05) is 12.1 Å². The van der Waals surface area contributed by atoms with Crippen LogP contribution in [0, 0.1) is 0 Å². The molecule has 0 unspecified atom stereocenters. The van der Waals surface area contributed by atoms with E-state index in [1.165, 1.54) is 11.8 Å². The highest BCUT2D eigenvalue weighted by atomic mass is 35.5. The summed E-state index contributed by atoms with van der Waals surface area (Å²) in [5, 5.41) is 5.15. The fourth-order valence-corrected chi connectivity index (χ4v) is 2.14. The summed E-state index contributed by atoms with van der Waals surface area (Å²) in [6, 6.07) is 0. The first-order valence-corrected chi connectivity index (χ1v) is 6.90. The Kier molecular flexibility index (Phi) is 3.89. The van der Waals surface area contributed by atoms with Gasteiger partial charge in [0.2, 0.25) is 5.28 Å². The molecule has 4 nitrogen and oxygen atoms in total. The SMILES string of the molecule is CSc1nc(Cl)n2ncc(CCCCl)c2n1. The number of thioether (sulfide) groups is 1. The molecule has 2 aromatic rings. The van der Waals surface area contributed by atoms with Gasteiger partial charge in [0.15, 0.2) is 10.8 Å².